The van der Waals surface area contributed by atoms with Crippen LogP contribution in [0.15, 0.2) is 34.5 Å². The second kappa shape index (κ2) is 7.29. The Hall–Kier alpha value is -1.02. The Bertz CT molecular complexity index is 749. The molecule has 8 atom stereocenters. The van der Waals surface area contributed by atoms with E-state index in [0.717, 1.165) is 54.6 Å². The van der Waals surface area contributed by atoms with Crippen molar-refractivity contribution < 1.29 is 9.52 Å². The first kappa shape index (κ1) is 19.9. The van der Waals surface area contributed by atoms with Gasteiger partial charge in [0.15, 0.2) is 0 Å². The molecule has 3 saturated carbocycles. The van der Waals surface area contributed by atoms with E-state index in [-0.39, 0.29) is 6.10 Å². The maximum absolute atomic E-state index is 10.2. The van der Waals surface area contributed by atoms with Gasteiger partial charge < -0.3 is 9.52 Å². The minimum atomic E-state index is -0.0920. The van der Waals surface area contributed by atoms with E-state index in [0.29, 0.717) is 10.8 Å². The van der Waals surface area contributed by atoms with Gasteiger partial charge in [0.1, 0.15) is 5.76 Å². The summed E-state index contributed by atoms with van der Waals surface area (Å²) in [7, 11) is 0. The summed E-state index contributed by atoms with van der Waals surface area (Å²) in [5.41, 5.74) is 2.49. The molecular formula is C27H40O2. The molecule has 1 aromatic heterocycles. The Balaban J connectivity index is 1.33. The topological polar surface area (TPSA) is 33.4 Å². The van der Waals surface area contributed by atoms with Gasteiger partial charge >= 0.3 is 0 Å². The molecule has 0 saturated heterocycles. The number of furan rings is 1. The number of aliphatic hydroxyl groups is 1. The third-order valence-electron chi connectivity index (χ3n) is 10.3. The first-order valence-corrected chi connectivity index (χ1v) is 12.3. The van der Waals surface area contributed by atoms with E-state index in [1.54, 1.807) is 5.57 Å². The average Bonchev–Trinajstić information content (AvgIpc) is 3.34. The molecule has 3 fully saturated rings. The number of fused-ring (bicyclic) bond motifs is 5. The predicted molar refractivity (Wildman–Crippen MR) is 117 cm³/mol. The molecule has 2 heteroatoms. The van der Waals surface area contributed by atoms with E-state index in [1.165, 1.54) is 44.9 Å². The lowest BCUT2D eigenvalue weighted by Crippen LogP contribution is -2.50. The molecule has 0 amide bonds. The number of aliphatic hydroxyl groups excluding tert-OH is 1. The van der Waals surface area contributed by atoms with Crippen LogP contribution in [0, 0.1) is 40.4 Å². The van der Waals surface area contributed by atoms with Crippen molar-refractivity contribution in [3.05, 3.63) is 35.8 Å². The lowest BCUT2D eigenvalue weighted by molar-refractivity contribution is -0.0571. The summed E-state index contributed by atoms with van der Waals surface area (Å²) in [5.74, 6) is 5.43. The third-order valence-corrected chi connectivity index (χ3v) is 10.3. The molecule has 0 aromatic carbocycles. The van der Waals surface area contributed by atoms with E-state index in [4.69, 9.17) is 4.42 Å². The molecule has 2 nitrogen and oxygen atoms in total. The summed E-state index contributed by atoms with van der Waals surface area (Å²) in [6.45, 7) is 7.71. The number of allylic oxidation sites excluding steroid dienone is 1. The molecule has 4 aliphatic carbocycles. The molecule has 1 heterocycles. The molecular weight excluding hydrogens is 356 g/mol. The van der Waals surface area contributed by atoms with E-state index in [9.17, 15) is 5.11 Å². The van der Waals surface area contributed by atoms with Gasteiger partial charge in [0.05, 0.1) is 12.4 Å². The minimum Gasteiger partial charge on any atom is -0.469 e. The second-order valence-corrected chi connectivity index (χ2v) is 11.5. The van der Waals surface area contributed by atoms with Crippen LogP contribution in [-0.2, 0) is 6.42 Å². The van der Waals surface area contributed by atoms with Crippen LogP contribution in [0.4, 0.5) is 0 Å². The molecule has 160 valence electrons. The smallest absolute Gasteiger partial charge is 0.103 e. The Morgan fingerprint density at radius 1 is 1.14 bits per heavy atom. The molecule has 0 radical (unpaired) electrons. The molecule has 29 heavy (non-hydrogen) atoms. The molecule has 0 aliphatic heterocycles. The Labute approximate surface area is 177 Å². The zero-order valence-electron chi connectivity index (χ0n) is 18.7. The normalized spacial score (nSPS) is 45.1. The van der Waals surface area contributed by atoms with E-state index in [1.807, 2.05) is 12.3 Å². The number of hydrogen-bond donors (Lipinski definition) is 1. The predicted octanol–water partition coefficient (Wildman–Crippen LogP) is 6.79. The molecule has 1 aromatic rings. The fourth-order valence-corrected chi connectivity index (χ4v) is 8.64. The highest BCUT2D eigenvalue weighted by Crippen LogP contribution is 2.67. The molecule has 0 spiro atoms. The molecule has 5 rings (SSSR count). The van der Waals surface area contributed by atoms with Gasteiger partial charge in [-0.1, -0.05) is 32.4 Å². The maximum atomic E-state index is 10.2. The van der Waals surface area contributed by atoms with E-state index >= 15 is 0 Å². The van der Waals surface area contributed by atoms with Gasteiger partial charge in [-0.2, -0.15) is 0 Å². The van der Waals surface area contributed by atoms with Crippen LogP contribution in [0.2, 0.25) is 0 Å². The van der Waals surface area contributed by atoms with Crippen LogP contribution in [0.1, 0.15) is 84.3 Å². The van der Waals surface area contributed by atoms with Crippen molar-refractivity contribution in [2.24, 2.45) is 40.4 Å². The van der Waals surface area contributed by atoms with Crippen LogP contribution >= 0.6 is 0 Å². The van der Waals surface area contributed by atoms with Crippen molar-refractivity contribution in [1.82, 2.24) is 0 Å². The zero-order chi connectivity index (χ0) is 20.2. The lowest BCUT2D eigenvalue weighted by Gasteiger charge is -2.58. The Kier molecular flexibility index (Phi) is 5.01. The van der Waals surface area contributed by atoms with Gasteiger partial charge in [0, 0.05) is 6.42 Å². The summed E-state index contributed by atoms with van der Waals surface area (Å²) >= 11 is 0. The minimum absolute atomic E-state index is 0.0920. The zero-order valence-corrected chi connectivity index (χ0v) is 18.7. The second-order valence-electron chi connectivity index (χ2n) is 11.5. The number of aryl methyl sites for hydroxylation is 1. The molecule has 0 bridgehead atoms. The van der Waals surface area contributed by atoms with Gasteiger partial charge in [-0.15, -0.1) is 0 Å². The highest BCUT2D eigenvalue weighted by Gasteiger charge is 2.59. The molecule has 4 aliphatic rings. The van der Waals surface area contributed by atoms with Gasteiger partial charge in [-0.25, -0.2) is 0 Å². The summed E-state index contributed by atoms with van der Waals surface area (Å²) in [5, 5.41) is 10.2. The Morgan fingerprint density at radius 2 is 2.00 bits per heavy atom. The fraction of sp³-hybridized carbons (Fsp3) is 0.778. The third kappa shape index (κ3) is 3.16. The van der Waals surface area contributed by atoms with Gasteiger partial charge in [-0.3, -0.25) is 0 Å². The van der Waals surface area contributed by atoms with Crippen molar-refractivity contribution in [2.45, 2.75) is 91.1 Å². The van der Waals surface area contributed by atoms with Gasteiger partial charge in [0.2, 0.25) is 0 Å². The van der Waals surface area contributed by atoms with Gasteiger partial charge in [-0.05, 0) is 110 Å². The van der Waals surface area contributed by atoms with Gasteiger partial charge in [0.25, 0.3) is 0 Å². The first-order valence-electron chi connectivity index (χ1n) is 12.3. The number of rotatable bonds is 4. The standard InChI is InChI=1S/C27H40O2/c1-18(6-8-21-5-4-16-29-21)23-10-11-24-22-9-7-19-17-20(28)12-14-26(19,2)25(22)13-15-27(23,24)3/h4-5,7,16,18,20,22-25,28H,6,8-15,17H2,1-3H3. The fourth-order valence-electron chi connectivity index (χ4n) is 8.64. The summed E-state index contributed by atoms with van der Waals surface area (Å²) < 4.78 is 5.59. The summed E-state index contributed by atoms with van der Waals surface area (Å²) in [6, 6.07) is 4.15. The monoisotopic (exact) mass is 396 g/mol. The van der Waals surface area contributed by atoms with Crippen LogP contribution in [0.3, 0.4) is 0 Å². The first-order chi connectivity index (χ1) is 13.9. The van der Waals surface area contributed by atoms with Crippen LogP contribution < -0.4 is 0 Å². The summed E-state index contributed by atoms with van der Waals surface area (Å²) in [4.78, 5) is 0. The quantitative estimate of drug-likeness (QED) is 0.569. The summed E-state index contributed by atoms with van der Waals surface area (Å²) in [6.07, 6.45) is 16.7. The van der Waals surface area contributed by atoms with Crippen molar-refractivity contribution >= 4 is 0 Å². The molecule has 8 unspecified atom stereocenters. The highest BCUT2D eigenvalue weighted by atomic mass is 16.3. The van der Waals surface area contributed by atoms with Crippen molar-refractivity contribution in [1.29, 1.82) is 0 Å². The largest absolute Gasteiger partial charge is 0.469 e. The molecule has 1 N–H and O–H groups in total. The maximum Gasteiger partial charge on any atom is 0.103 e. The lowest BCUT2D eigenvalue weighted by atomic mass is 9.47. The van der Waals surface area contributed by atoms with Crippen LogP contribution in [0.5, 0.6) is 0 Å². The Morgan fingerprint density at radius 3 is 2.79 bits per heavy atom. The average molecular weight is 397 g/mol. The highest BCUT2D eigenvalue weighted by molar-refractivity contribution is 5.25. The SMILES string of the molecule is CC(CCc1ccco1)C1CCC2C3CC=C4CC(O)CCC4(C)C3CCC12C. The number of hydrogen-bond acceptors (Lipinski definition) is 2. The van der Waals surface area contributed by atoms with E-state index < -0.39 is 0 Å². The van der Waals surface area contributed by atoms with Crippen molar-refractivity contribution in [2.75, 3.05) is 0 Å². The van der Waals surface area contributed by atoms with Crippen LogP contribution in [0.25, 0.3) is 0 Å². The van der Waals surface area contributed by atoms with E-state index in [2.05, 4.69) is 32.9 Å². The van der Waals surface area contributed by atoms with Crippen molar-refractivity contribution in [3.8, 4) is 0 Å². The van der Waals surface area contributed by atoms with Crippen LogP contribution in [-0.4, -0.2) is 11.2 Å². The van der Waals surface area contributed by atoms with Crippen molar-refractivity contribution in [3.63, 3.8) is 0 Å².